The van der Waals surface area contributed by atoms with E-state index in [9.17, 15) is 0 Å². The van der Waals surface area contributed by atoms with Gasteiger partial charge in [0.15, 0.2) is 0 Å². The SMILES string of the molecule is COc1cc(N)cc(NCC2CN(C)CCN2C)c1. The molecule has 1 atom stereocenters. The molecule has 1 aliphatic rings. The quantitative estimate of drug-likeness (QED) is 0.793. The van der Waals surface area contributed by atoms with Gasteiger partial charge in [0, 0.05) is 55.7 Å². The number of anilines is 2. The minimum absolute atomic E-state index is 0.520. The maximum absolute atomic E-state index is 5.85. The molecule has 0 spiro atoms. The van der Waals surface area contributed by atoms with Gasteiger partial charge in [-0.2, -0.15) is 0 Å². The Labute approximate surface area is 115 Å². The van der Waals surface area contributed by atoms with Gasteiger partial charge in [0.2, 0.25) is 0 Å². The second kappa shape index (κ2) is 6.12. The van der Waals surface area contributed by atoms with Gasteiger partial charge in [-0.05, 0) is 20.2 Å². The molecule has 106 valence electrons. The number of nitrogens with one attached hydrogen (secondary N) is 1. The van der Waals surface area contributed by atoms with E-state index in [-0.39, 0.29) is 0 Å². The monoisotopic (exact) mass is 264 g/mol. The highest BCUT2D eigenvalue weighted by atomic mass is 16.5. The van der Waals surface area contributed by atoms with E-state index in [2.05, 4.69) is 29.2 Å². The van der Waals surface area contributed by atoms with E-state index < -0.39 is 0 Å². The minimum Gasteiger partial charge on any atom is -0.497 e. The van der Waals surface area contributed by atoms with Crippen molar-refractivity contribution in [3.05, 3.63) is 18.2 Å². The lowest BCUT2D eigenvalue weighted by molar-refractivity contribution is 0.122. The lowest BCUT2D eigenvalue weighted by Gasteiger charge is -2.37. The highest BCUT2D eigenvalue weighted by Crippen LogP contribution is 2.22. The van der Waals surface area contributed by atoms with Crippen molar-refractivity contribution in [2.24, 2.45) is 0 Å². The van der Waals surface area contributed by atoms with E-state index >= 15 is 0 Å². The molecule has 19 heavy (non-hydrogen) atoms. The predicted octanol–water partition coefficient (Wildman–Crippen LogP) is 0.935. The van der Waals surface area contributed by atoms with Gasteiger partial charge in [-0.25, -0.2) is 0 Å². The number of benzene rings is 1. The molecule has 0 bridgehead atoms. The van der Waals surface area contributed by atoms with Crippen LogP contribution >= 0.6 is 0 Å². The molecule has 1 fully saturated rings. The summed E-state index contributed by atoms with van der Waals surface area (Å²) in [6, 6.07) is 6.26. The van der Waals surface area contributed by atoms with Crippen molar-refractivity contribution in [3.63, 3.8) is 0 Å². The van der Waals surface area contributed by atoms with E-state index in [4.69, 9.17) is 10.5 Å². The Morgan fingerprint density at radius 1 is 1.32 bits per heavy atom. The Kier molecular flexibility index (Phi) is 4.50. The molecule has 0 saturated carbocycles. The maximum Gasteiger partial charge on any atom is 0.122 e. The van der Waals surface area contributed by atoms with E-state index in [1.807, 2.05) is 18.2 Å². The fraction of sp³-hybridized carbons (Fsp3) is 0.571. The molecule has 1 unspecified atom stereocenters. The highest BCUT2D eigenvalue weighted by molar-refractivity contribution is 5.59. The van der Waals surface area contributed by atoms with Crippen LogP contribution in [0.25, 0.3) is 0 Å². The van der Waals surface area contributed by atoms with Crippen molar-refractivity contribution in [2.75, 3.05) is 58.4 Å². The van der Waals surface area contributed by atoms with Crippen LogP contribution in [-0.2, 0) is 0 Å². The number of likely N-dealkylation sites (N-methyl/N-ethyl adjacent to an activating group) is 2. The smallest absolute Gasteiger partial charge is 0.122 e. The molecule has 5 heteroatoms. The summed E-state index contributed by atoms with van der Waals surface area (Å²) in [6.45, 7) is 4.25. The standard InChI is InChI=1S/C14H24N4O/c1-17-4-5-18(2)13(10-17)9-16-12-6-11(15)7-14(8-12)19-3/h6-8,13,16H,4-5,9-10,15H2,1-3H3. The number of ether oxygens (including phenoxy) is 1. The molecule has 1 aromatic rings. The van der Waals surface area contributed by atoms with Crippen molar-refractivity contribution in [2.45, 2.75) is 6.04 Å². The van der Waals surface area contributed by atoms with E-state index in [1.54, 1.807) is 7.11 Å². The van der Waals surface area contributed by atoms with Crippen LogP contribution in [-0.4, -0.2) is 63.2 Å². The average molecular weight is 264 g/mol. The van der Waals surface area contributed by atoms with Crippen molar-refractivity contribution in [3.8, 4) is 5.75 Å². The van der Waals surface area contributed by atoms with Gasteiger partial charge in [-0.3, -0.25) is 4.90 Å². The number of methoxy groups -OCH3 is 1. The third-order valence-corrected chi connectivity index (χ3v) is 3.69. The number of hydrogen-bond donors (Lipinski definition) is 2. The molecule has 2 rings (SSSR count). The van der Waals surface area contributed by atoms with E-state index in [0.29, 0.717) is 6.04 Å². The van der Waals surface area contributed by atoms with Crippen LogP contribution in [0.1, 0.15) is 0 Å². The molecule has 0 aliphatic carbocycles. The Morgan fingerprint density at radius 2 is 2.11 bits per heavy atom. The molecule has 0 amide bonds. The molecular weight excluding hydrogens is 240 g/mol. The topological polar surface area (TPSA) is 53.8 Å². The lowest BCUT2D eigenvalue weighted by Crippen LogP contribution is -2.52. The molecule has 1 aromatic carbocycles. The number of nitrogen functional groups attached to an aromatic ring is 1. The second-order valence-corrected chi connectivity index (χ2v) is 5.27. The van der Waals surface area contributed by atoms with Gasteiger partial charge in [-0.15, -0.1) is 0 Å². The number of nitrogens with two attached hydrogens (primary N) is 1. The molecule has 5 nitrogen and oxygen atoms in total. The lowest BCUT2D eigenvalue weighted by atomic mass is 10.1. The first-order valence-electron chi connectivity index (χ1n) is 6.65. The average Bonchev–Trinajstić information content (AvgIpc) is 2.39. The summed E-state index contributed by atoms with van der Waals surface area (Å²) in [6.07, 6.45) is 0. The summed E-state index contributed by atoms with van der Waals surface area (Å²) in [5, 5.41) is 3.45. The molecule has 0 aromatic heterocycles. The first kappa shape index (κ1) is 14.0. The predicted molar refractivity (Wildman–Crippen MR) is 79.8 cm³/mol. The van der Waals surface area contributed by atoms with Gasteiger partial charge in [0.1, 0.15) is 5.75 Å². The van der Waals surface area contributed by atoms with Crippen molar-refractivity contribution in [1.29, 1.82) is 0 Å². The second-order valence-electron chi connectivity index (χ2n) is 5.27. The van der Waals surface area contributed by atoms with Crippen LogP contribution < -0.4 is 15.8 Å². The van der Waals surface area contributed by atoms with Gasteiger partial charge in [-0.1, -0.05) is 0 Å². The molecule has 1 heterocycles. The fourth-order valence-corrected chi connectivity index (χ4v) is 2.40. The Balaban J connectivity index is 1.96. The zero-order valence-electron chi connectivity index (χ0n) is 12.0. The van der Waals surface area contributed by atoms with Crippen LogP contribution in [0.15, 0.2) is 18.2 Å². The van der Waals surface area contributed by atoms with Gasteiger partial charge in [0.05, 0.1) is 7.11 Å². The van der Waals surface area contributed by atoms with E-state index in [0.717, 1.165) is 43.3 Å². The summed E-state index contributed by atoms with van der Waals surface area (Å²) < 4.78 is 5.23. The van der Waals surface area contributed by atoms with Crippen LogP contribution in [0.3, 0.4) is 0 Å². The number of hydrogen-bond acceptors (Lipinski definition) is 5. The first-order valence-corrected chi connectivity index (χ1v) is 6.65. The van der Waals surface area contributed by atoms with Crippen molar-refractivity contribution in [1.82, 2.24) is 9.80 Å². The summed E-state index contributed by atoms with van der Waals surface area (Å²) in [5.41, 5.74) is 7.59. The molecule has 1 saturated heterocycles. The molecule has 3 N–H and O–H groups in total. The summed E-state index contributed by atoms with van der Waals surface area (Å²) in [7, 11) is 6.01. The normalized spacial score (nSPS) is 21.3. The van der Waals surface area contributed by atoms with Crippen LogP contribution in [0.4, 0.5) is 11.4 Å². The number of nitrogens with zero attached hydrogens (tertiary/aromatic N) is 2. The first-order chi connectivity index (χ1) is 9.08. The van der Waals surface area contributed by atoms with Gasteiger partial charge < -0.3 is 20.7 Å². The molecule has 0 radical (unpaired) electrons. The third-order valence-electron chi connectivity index (χ3n) is 3.69. The Bertz CT molecular complexity index is 424. The maximum atomic E-state index is 5.85. The van der Waals surface area contributed by atoms with Crippen LogP contribution in [0, 0.1) is 0 Å². The third kappa shape index (κ3) is 3.75. The van der Waals surface area contributed by atoms with E-state index in [1.165, 1.54) is 0 Å². The van der Waals surface area contributed by atoms with Crippen molar-refractivity contribution < 1.29 is 4.74 Å². The zero-order chi connectivity index (χ0) is 13.8. The number of piperazine rings is 1. The van der Waals surface area contributed by atoms with Gasteiger partial charge in [0.25, 0.3) is 0 Å². The molecule has 1 aliphatic heterocycles. The summed E-state index contributed by atoms with van der Waals surface area (Å²) >= 11 is 0. The van der Waals surface area contributed by atoms with Crippen molar-refractivity contribution >= 4 is 11.4 Å². The Hall–Kier alpha value is -1.46. The Morgan fingerprint density at radius 3 is 2.84 bits per heavy atom. The molecular formula is C14H24N4O. The summed E-state index contributed by atoms with van der Waals surface area (Å²) in [4.78, 5) is 4.77. The van der Waals surface area contributed by atoms with Crippen LogP contribution in [0.5, 0.6) is 5.75 Å². The summed E-state index contributed by atoms with van der Waals surface area (Å²) in [5.74, 6) is 0.789. The van der Waals surface area contributed by atoms with Crippen LogP contribution in [0.2, 0.25) is 0 Å². The zero-order valence-corrected chi connectivity index (χ0v) is 12.0. The fourth-order valence-electron chi connectivity index (χ4n) is 2.40. The largest absolute Gasteiger partial charge is 0.497 e. The van der Waals surface area contributed by atoms with Gasteiger partial charge >= 0.3 is 0 Å². The minimum atomic E-state index is 0.520. The number of rotatable bonds is 4. The highest BCUT2D eigenvalue weighted by Gasteiger charge is 2.21.